The summed E-state index contributed by atoms with van der Waals surface area (Å²) in [5.74, 6) is -0.170. The predicted molar refractivity (Wildman–Crippen MR) is 124 cm³/mol. The lowest BCUT2D eigenvalue weighted by Crippen LogP contribution is -2.62. The molecule has 2 atom stereocenters. The summed E-state index contributed by atoms with van der Waals surface area (Å²) in [5, 5.41) is 5.49. The Kier molecular flexibility index (Phi) is 4.85. The minimum Gasteiger partial charge on any atom is -0.381 e. The largest absolute Gasteiger partial charge is 0.381 e. The molecule has 9 heteroatoms. The number of para-hydroxylation sites is 1. The SMILES string of the molecule is O=C(NC1[C@@H]2COC[C@@H]1CN(C(=O)c1c[nH]c3c(Cl)cccc13)C2)c1cc2cccnc2[nH]1. The molecule has 2 aliphatic heterocycles. The second kappa shape index (κ2) is 7.90. The lowest BCUT2D eigenvalue weighted by atomic mass is 9.82. The zero-order valence-corrected chi connectivity index (χ0v) is 18.4. The van der Waals surface area contributed by atoms with Gasteiger partial charge in [0, 0.05) is 54.1 Å². The van der Waals surface area contributed by atoms with Gasteiger partial charge in [-0.2, -0.15) is 0 Å². The predicted octanol–water partition coefficient (Wildman–Crippen LogP) is 3.21. The minimum atomic E-state index is -0.166. The maximum atomic E-state index is 13.4. The van der Waals surface area contributed by atoms with E-state index in [1.54, 1.807) is 18.5 Å². The van der Waals surface area contributed by atoms with E-state index in [4.69, 9.17) is 16.3 Å². The fraction of sp³-hybridized carbons (Fsp3) is 0.292. The standard InChI is InChI=1S/C24H22ClN5O3/c25-18-5-1-4-16-17(8-27-21(16)18)24(32)30-9-14-11-33-12-15(10-30)20(14)29-23(31)19-7-13-3-2-6-26-22(13)28-19/h1-8,14-15,20,27H,9-12H2,(H,26,28)(H,29,31)/t14-,15-/m0/s1. The van der Waals surface area contributed by atoms with Gasteiger partial charge in [0.1, 0.15) is 11.3 Å². The van der Waals surface area contributed by atoms with Crippen molar-refractivity contribution in [2.45, 2.75) is 6.04 Å². The van der Waals surface area contributed by atoms with Gasteiger partial charge in [0.25, 0.3) is 11.8 Å². The summed E-state index contributed by atoms with van der Waals surface area (Å²) in [5.41, 5.74) is 2.54. The van der Waals surface area contributed by atoms with E-state index in [9.17, 15) is 9.59 Å². The van der Waals surface area contributed by atoms with Crippen molar-refractivity contribution in [1.82, 2.24) is 25.2 Å². The maximum absolute atomic E-state index is 13.4. The summed E-state index contributed by atoms with van der Waals surface area (Å²) in [7, 11) is 0. The normalized spacial score (nSPS) is 22.6. The molecule has 0 radical (unpaired) electrons. The van der Waals surface area contributed by atoms with Crippen LogP contribution in [0.5, 0.6) is 0 Å². The molecule has 0 aliphatic carbocycles. The van der Waals surface area contributed by atoms with Crippen molar-refractivity contribution in [2.24, 2.45) is 11.8 Å². The second-order valence-electron chi connectivity index (χ2n) is 8.76. The first-order valence-electron chi connectivity index (χ1n) is 11.0. The number of aromatic nitrogens is 3. The quantitative estimate of drug-likeness (QED) is 0.434. The van der Waals surface area contributed by atoms with Crippen LogP contribution in [0.1, 0.15) is 20.8 Å². The smallest absolute Gasteiger partial charge is 0.268 e. The third-order valence-electron chi connectivity index (χ3n) is 6.71. The van der Waals surface area contributed by atoms with Gasteiger partial charge < -0.3 is 24.9 Å². The fourth-order valence-electron chi connectivity index (χ4n) is 5.11. The Morgan fingerprint density at radius 3 is 2.76 bits per heavy atom. The van der Waals surface area contributed by atoms with Crippen molar-refractivity contribution < 1.29 is 14.3 Å². The molecule has 2 amide bonds. The van der Waals surface area contributed by atoms with E-state index in [1.807, 2.05) is 35.2 Å². The van der Waals surface area contributed by atoms with Gasteiger partial charge in [0.05, 0.1) is 29.3 Å². The van der Waals surface area contributed by atoms with Gasteiger partial charge in [0.2, 0.25) is 0 Å². The van der Waals surface area contributed by atoms with Gasteiger partial charge in [-0.05, 0) is 24.3 Å². The van der Waals surface area contributed by atoms with Crippen molar-refractivity contribution in [3.8, 4) is 0 Å². The Morgan fingerprint density at radius 2 is 1.97 bits per heavy atom. The van der Waals surface area contributed by atoms with E-state index in [2.05, 4.69) is 20.3 Å². The molecule has 2 aliphatic rings. The van der Waals surface area contributed by atoms with Crippen molar-refractivity contribution in [3.63, 3.8) is 0 Å². The van der Waals surface area contributed by atoms with E-state index >= 15 is 0 Å². The number of pyridine rings is 1. The molecule has 2 fully saturated rings. The lowest BCUT2D eigenvalue weighted by Gasteiger charge is -2.47. The molecular weight excluding hydrogens is 442 g/mol. The van der Waals surface area contributed by atoms with Gasteiger partial charge in [0.15, 0.2) is 0 Å². The van der Waals surface area contributed by atoms with E-state index in [0.717, 1.165) is 16.3 Å². The van der Waals surface area contributed by atoms with Gasteiger partial charge in [-0.3, -0.25) is 9.59 Å². The topological polar surface area (TPSA) is 103 Å². The number of carbonyl (C=O) groups excluding carboxylic acids is 2. The molecule has 2 saturated heterocycles. The molecule has 3 N–H and O–H groups in total. The Labute approximate surface area is 194 Å². The number of rotatable bonds is 3. The highest BCUT2D eigenvalue weighted by Crippen LogP contribution is 2.31. The number of carbonyl (C=O) groups is 2. The molecule has 2 bridgehead atoms. The molecule has 0 spiro atoms. The third kappa shape index (κ3) is 3.46. The first kappa shape index (κ1) is 20.3. The number of likely N-dealkylation sites (tertiary alicyclic amines) is 1. The zero-order chi connectivity index (χ0) is 22.5. The van der Waals surface area contributed by atoms with Crippen LogP contribution in [0.15, 0.2) is 48.8 Å². The van der Waals surface area contributed by atoms with Crippen LogP contribution in [0.3, 0.4) is 0 Å². The molecule has 8 nitrogen and oxygen atoms in total. The molecule has 168 valence electrons. The summed E-state index contributed by atoms with van der Waals surface area (Å²) in [6.45, 7) is 2.03. The van der Waals surface area contributed by atoms with Gasteiger partial charge in [-0.1, -0.05) is 23.7 Å². The number of nitrogens with zero attached hydrogens (tertiary/aromatic N) is 2. The number of hydrogen-bond acceptors (Lipinski definition) is 4. The Balaban J connectivity index is 1.21. The summed E-state index contributed by atoms with van der Waals surface area (Å²) in [4.78, 5) is 38.7. The highest BCUT2D eigenvalue weighted by molar-refractivity contribution is 6.35. The summed E-state index contributed by atoms with van der Waals surface area (Å²) in [6, 6.07) is 11.1. The highest BCUT2D eigenvalue weighted by Gasteiger charge is 2.43. The van der Waals surface area contributed by atoms with Crippen LogP contribution >= 0.6 is 11.6 Å². The number of aromatic amines is 2. The van der Waals surface area contributed by atoms with Crippen LogP contribution in [-0.4, -0.2) is 64.0 Å². The second-order valence-corrected chi connectivity index (χ2v) is 9.16. The molecule has 3 aromatic heterocycles. The van der Waals surface area contributed by atoms with Crippen LogP contribution in [0.4, 0.5) is 0 Å². The summed E-state index contributed by atoms with van der Waals surface area (Å²) in [6.07, 6.45) is 3.42. The van der Waals surface area contributed by atoms with E-state index in [1.165, 1.54) is 0 Å². The van der Waals surface area contributed by atoms with Crippen LogP contribution < -0.4 is 5.32 Å². The number of nitrogens with one attached hydrogen (secondary N) is 3. The maximum Gasteiger partial charge on any atom is 0.268 e. The Bertz CT molecular complexity index is 1330. The zero-order valence-electron chi connectivity index (χ0n) is 17.7. The van der Waals surface area contributed by atoms with E-state index in [0.29, 0.717) is 48.2 Å². The number of hydrogen-bond donors (Lipinski definition) is 3. The Morgan fingerprint density at radius 1 is 1.15 bits per heavy atom. The fourth-order valence-corrected chi connectivity index (χ4v) is 5.34. The Hall–Kier alpha value is -3.36. The molecule has 5 heterocycles. The number of benzene rings is 1. The lowest BCUT2D eigenvalue weighted by molar-refractivity contribution is -0.0547. The first-order chi connectivity index (χ1) is 16.1. The van der Waals surface area contributed by atoms with E-state index in [-0.39, 0.29) is 29.7 Å². The molecular formula is C24H22ClN5O3. The number of amides is 2. The van der Waals surface area contributed by atoms with Crippen molar-refractivity contribution in [1.29, 1.82) is 0 Å². The highest BCUT2D eigenvalue weighted by atomic mass is 35.5. The molecule has 4 aromatic rings. The third-order valence-corrected chi connectivity index (χ3v) is 7.02. The monoisotopic (exact) mass is 463 g/mol. The molecule has 6 rings (SSSR count). The van der Waals surface area contributed by atoms with Crippen LogP contribution in [0.25, 0.3) is 21.9 Å². The molecule has 33 heavy (non-hydrogen) atoms. The molecule has 0 saturated carbocycles. The van der Waals surface area contributed by atoms with Crippen LogP contribution in [-0.2, 0) is 4.74 Å². The molecule has 1 aromatic carbocycles. The minimum absolute atomic E-state index is 0.0155. The number of H-pyrrole nitrogens is 2. The number of halogens is 1. The van der Waals surface area contributed by atoms with Crippen molar-refractivity contribution in [2.75, 3.05) is 26.3 Å². The molecule has 0 unspecified atom stereocenters. The van der Waals surface area contributed by atoms with Crippen LogP contribution in [0, 0.1) is 11.8 Å². The summed E-state index contributed by atoms with van der Waals surface area (Å²) < 4.78 is 5.78. The number of ether oxygens (including phenoxy) is 1. The van der Waals surface area contributed by atoms with Gasteiger partial charge >= 0.3 is 0 Å². The van der Waals surface area contributed by atoms with E-state index < -0.39 is 0 Å². The van der Waals surface area contributed by atoms with Crippen molar-refractivity contribution in [3.05, 3.63) is 65.1 Å². The number of piperidine rings is 1. The van der Waals surface area contributed by atoms with Crippen molar-refractivity contribution >= 4 is 45.4 Å². The first-order valence-corrected chi connectivity index (χ1v) is 11.3. The average Bonchev–Trinajstić information content (AvgIpc) is 3.44. The summed E-state index contributed by atoms with van der Waals surface area (Å²) >= 11 is 6.26. The number of fused-ring (bicyclic) bond motifs is 4. The average molecular weight is 464 g/mol. The van der Waals surface area contributed by atoms with Crippen LogP contribution in [0.2, 0.25) is 5.02 Å². The van der Waals surface area contributed by atoms with Gasteiger partial charge in [-0.25, -0.2) is 4.98 Å². The van der Waals surface area contributed by atoms with Gasteiger partial charge in [-0.15, -0.1) is 0 Å².